The van der Waals surface area contributed by atoms with Gasteiger partial charge in [0.25, 0.3) is 0 Å². The lowest BCUT2D eigenvalue weighted by Crippen LogP contribution is -2.19. The molecule has 0 saturated heterocycles. The summed E-state index contributed by atoms with van der Waals surface area (Å²) in [7, 11) is 0. The van der Waals surface area contributed by atoms with Gasteiger partial charge in [-0.3, -0.25) is 0 Å². The Kier molecular flexibility index (Phi) is 2.50. The number of hydrogen-bond acceptors (Lipinski definition) is 3. The molecule has 16 heavy (non-hydrogen) atoms. The van der Waals surface area contributed by atoms with Gasteiger partial charge in [0.05, 0.1) is 12.3 Å². The number of hydrogen-bond donors (Lipinski definition) is 1. The highest BCUT2D eigenvalue weighted by atomic mass is 32.2. The smallest absolute Gasteiger partial charge is 0.121 e. The zero-order valence-corrected chi connectivity index (χ0v) is 9.61. The first-order valence-corrected chi connectivity index (χ1v) is 6.35. The molecule has 0 bridgehead atoms. The predicted octanol–water partition coefficient (Wildman–Crippen LogP) is 3.17. The van der Waals surface area contributed by atoms with E-state index in [9.17, 15) is 0 Å². The van der Waals surface area contributed by atoms with Crippen LogP contribution in [-0.2, 0) is 0 Å². The van der Waals surface area contributed by atoms with Crippen LogP contribution >= 0.6 is 11.8 Å². The largest absolute Gasteiger partial charge is 0.468 e. The molecule has 0 fully saturated rings. The minimum Gasteiger partial charge on any atom is -0.468 e. The van der Waals surface area contributed by atoms with Gasteiger partial charge in [0, 0.05) is 16.6 Å². The summed E-state index contributed by atoms with van der Waals surface area (Å²) >= 11 is 1.88. The fourth-order valence-electron chi connectivity index (χ4n) is 2.16. The second-order valence-corrected chi connectivity index (χ2v) is 5.06. The lowest BCUT2D eigenvalue weighted by atomic mass is 9.92. The van der Waals surface area contributed by atoms with Gasteiger partial charge in [0.1, 0.15) is 5.76 Å². The van der Waals surface area contributed by atoms with E-state index in [0.717, 1.165) is 11.5 Å². The van der Waals surface area contributed by atoms with E-state index in [-0.39, 0.29) is 6.04 Å². The molecule has 3 rings (SSSR count). The summed E-state index contributed by atoms with van der Waals surface area (Å²) in [5.74, 6) is 2.29. The Morgan fingerprint density at radius 3 is 2.94 bits per heavy atom. The first-order valence-electron chi connectivity index (χ1n) is 5.37. The normalized spacial score (nSPS) is 20.7. The average Bonchev–Trinajstić information content (AvgIpc) is 2.98. The Morgan fingerprint density at radius 1 is 1.25 bits per heavy atom. The van der Waals surface area contributed by atoms with Crippen molar-refractivity contribution < 1.29 is 4.42 Å². The third-order valence-electron chi connectivity index (χ3n) is 3.04. The first-order chi connectivity index (χ1) is 7.86. The summed E-state index contributed by atoms with van der Waals surface area (Å²) in [6.45, 7) is 0. The quantitative estimate of drug-likeness (QED) is 0.862. The standard InChI is InChI=1S/C13H13NOS/c14-13(11-5-3-7-15-11)10-8-16-12-6-2-1-4-9(10)12/h1-7,10,13H,8,14H2. The van der Waals surface area contributed by atoms with E-state index in [1.165, 1.54) is 10.5 Å². The van der Waals surface area contributed by atoms with Crippen LogP contribution in [0.25, 0.3) is 0 Å². The van der Waals surface area contributed by atoms with Crippen LogP contribution in [0.1, 0.15) is 23.3 Å². The van der Waals surface area contributed by atoms with E-state index in [4.69, 9.17) is 10.2 Å². The molecule has 82 valence electrons. The number of fused-ring (bicyclic) bond motifs is 1. The van der Waals surface area contributed by atoms with Gasteiger partial charge >= 0.3 is 0 Å². The molecular weight excluding hydrogens is 218 g/mol. The maximum atomic E-state index is 6.25. The van der Waals surface area contributed by atoms with E-state index in [2.05, 4.69) is 24.3 Å². The molecule has 1 aliphatic heterocycles. The van der Waals surface area contributed by atoms with Crippen molar-refractivity contribution in [3.8, 4) is 0 Å². The Morgan fingerprint density at radius 2 is 2.12 bits per heavy atom. The minimum absolute atomic E-state index is 0.0360. The van der Waals surface area contributed by atoms with Crippen molar-refractivity contribution in [2.45, 2.75) is 16.9 Å². The lowest BCUT2D eigenvalue weighted by Gasteiger charge is -2.17. The Hall–Kier alpha value is -1.19. The van der Waals surface area contributed by atoms with Gasteiger partial charge in [-0.2, -0.15) is 0 Å². The van der Waals surface area contributed by atoms with Gasteiger partial charge < -0.3 is 10.2 Å². The van der Waals surface area contributed by atoms with E-state index in [0.29, 0.717) is 5.92 Å². The molecule has 0 radical (unpaired) electrons. The topological polar surface area (TPSA) is 39.2 Å². The molecule has 2 aromatic rings. The van der Waals surface area contributed by atoms with Crippen molar-refractivity contribution in [3.05, 3.63) is 54.0 Å². The molecular formula is C13H13NOS. The van der Waals surface area contributed by atoms with E-state index >= 15 is 0 Å². The van der Waals surface area contributed by atoms with Crippen molar-refractivity contribution >= 4 is 11.8 Å². The molecule has 2 heterocycles. The number of benzene rings is 1. The van der Waals surface area contributed by atoms with Crippen molar-refractivity contribution in [2.24, 2.45) is 5.73 Å². The van der Waals surface area contributed by atoms with Crippen LogP contribution < -0.4 is 5.73 Å². The van der Waals surface area contributed by atoms with Crippen LogP contribution in [0.15, 0.2) is 52.0 Å². The maximum absolute atomic E-state index is 6.25. The van der Waals surface area contributed by atoms with Crippen LogP contribution in [0.2, 0.25) is 0 Å². The lowest BCUT2D eigenvalue weighted by molar-refractivity contribution is 0.438. The Balaban J connectivity index is 1.93. The molecule has 2 unspecified atom stereocenters. The highest BCUT2D eigenvalue weighted by Crippen LogP contribution is 2.44. The fourth-order valence-corrected chi connectivity index (χ4v) is 3.47. The molecule has 1 aliphatic rings. The second-order valence-electron chi connectivity index (χ2n) is 4.00. The van der Waals surface area contributed by atoms with Gasteiger partial charge in [0.2, 0.25) is 0 Å². The van der Waals surface area contributed by atoms with Crippen molar-refractivity contribution in [3.63, 3.8) is 0 Å². The summed E-state index contributed by atoms with van der Waals surface area (Å²) in [6.07, 6.45) is 1.68. The second kappa shape index (κ2) is 4.00. The summed E-state index contributed by atoms with van der Waals surface area (Å²) in [5, 5.41) is 0. The minimum atomic E-state index is -0.0360. The molecule has 0 spiro atoms. The van der Waals surface area contributed by atoms with Gasteiger partial charge in [0.15, 0.2) is 0 Å². The van der Waals surface area contributed by atoms with Crippen molar-refractivity contribution in [1.82, 2.24) is 0 Å². The molecule has 2 atom stereocenters. The maximum Gasteiger partial charge on any atom is 0.121 e. The summed E-state index contributed by atoms with van der Waals surface area (Å²) in [4.78, 5) is 1.36. The van der Waals surface area contributed by atoms with Gasteiger partial charge in [-0.15, -0.1) is 11.8 Å². The third-order valence-corrected chi connectivity index (χ3v) is 4.25. The molecule has 2 nitrogen and oxygen atoms in total. The van der Waals surface area contributed by atoms with Crippen LogP contribution in [0, 0.1) is 0 Å². The molecule has 1 aromatic carbocycles. The van der Waals surface area contributed by atoms with Gasteiger partial charge in [-0.05, 0) is 23.8 Å². The Labute approximate surface area is 98.8 Å². The number of nitrogens with two attached hydrogens (primary N) is 1. The van der Waals surface area contributed by atoms with Crippen LogP contribution in [0.5, 0.6) is 0 Å². The molecule has 1 aromatic heterocycles. The van der Waals surface area contributed by atoms with E-state index in [1.54, 1.807) is 6.26 Å². The molecule has 0 aliphatic carbocycles. The van der Waals surface area contributed by atoms with E-state index < -0.39 is 0 Å². The van der Waals surface area contributed by atoms with Gasteiger partial charge in [-0.25, -0.2) is 0 Å². The van der Waals surface area contributed by atoms with Crippen molar-refractivity contribution in [2.75, 3.05) is 5.75 Å². The predicted molar refractivity (Wildman–Crippen MR) is 65.5 cm³/mol. The number of rotatable bonds is 2. The monoisotopic (exact) mass is 231 g/mol. The summed E-state index contributed by atoms with van der Waals surface area (Å²) < 4.78 is 5.39. The SMILES string of the molecule is NC(c1ccco1)C1CSc2ccccc21. The molecule has 0 amide bonds. The molecule has 3 heteroatoms. The first kappa shape index (κ1) is 10.00. The molecule has 0 saturated carbocycles. The summed E-state index contributed by atoms with van der Waals surface area (Å²) in [5.41, 5.74) is 7.61. The highest BCUT2D eigenvalue weighted by Gasteiger charge is 2.30. The third kappa shape index (κ3) is 1.56. The average molecular weight is 231 g/mol. The zero-order valence-electron chi connectivity index (χ0n) is 8.80. The van der Waals surface area contributed by atoms with Crippen molar-refractivity contribution in [1.29, 1.82) is 0 Å². The number of thioether (sulfide) groups is 1. The number of furan rings is 1. The summed E-state index contributed by atoms with van der Waals surface area (Å²) in [6, 6.07) is 12.3. The van der Waals surface area contributed by atoms with E-state index in [1.807, 2.05) is 23.9 Å². The fraction of sp³-hybridized carbons (Fsp3) is 0.231. The highest BCUT2D eigenvalue weighted by molar-refractivity contribution is 7.99. The Bertz CT molecular complexity index is 480. The zero-order chi connectivity index (χ0) is 11.0. The van der Waals surface area contributed by atoms with Crippen LogP contribution in [0.3, 0.4) is 0 Å². The van der Waals surface area contributed by atoms with Gasteiger partial charge in [-0.1, -0.05) is 18.2 Å². The van der Waals surface area contributed by atoms with Crippen LogP contribution in [-0.4, -0.2) is 5.75 Å². The molecule has 2 N–H and O–H groups in total. The van der Waals surface area contributed by atoms with Crippen LogP contribution in [0.4, 0.5) is 0 Å².